The largest absolute Gasteiger partial charge is 0.493 e. The second-order valence-corrected chi connectivity index (χ2v) is 6.77. The van der Waals surface area contributed by atoms with Crippen LogP contribution in [0, 0.1) is 0 Å². The number of rotatable bonds is 6. The van der Waals surface area contributed by atoms with Crippen molar-refractivity contribution in [2.45, 2.75) is 25.7 Å². The van der Waals surface area contributed by atoms with Crippen LogP contribution in [-0.2, 0) is 6.18 Å². The first-order chi connectivity index (χ1) is 13.8. The van der Waals surface area contributed by atoms with Crippen molar-refractivity contribution in [2.24, 2.45) is 0 Å². The predicted octanol–water partition coefficient (Wildman–Crippen LogP) is 4.73. The summed E-state index contributed by atoms with van der Waals surface area (Å²) in [5.74, 6) is 0.159. The molecule has 1 aliphatic heterocycles. The molecular weight excluding hydrogens is 409 g/mol. The summed E-state index contributed by atoms with van der Waals surface area (Å²) >= 11 is 5.74. The molecule has 0 radical (unpaired) electrons. The van der Waals surface area contributed by atoms with Crippen LogP contribution >= 0.6 is 11.6 Å². The Morgan fingerprint density at radius 3 is 2.69 bits per heavy atom. The zero-order valence-electron chi connectivity index (χ0n) is 15.8. The van der Waals surface area contributed by atoms with Gasteiger partial charge in [-0.3, -0.25) is 9.69 Å². The number of alkyl halides is 3. The number of nitrogens with one attached hydrogen (secondary N) is 1. The summed E-state index contributed by atoms with van der Waals surface area (Å²) in [7, 11) is 1.74. The van der Waals surface area contributed by atoms with E-state index < -0.39 is 28.9 Å². The number of halogens is 4. The van der Waals surface area contributed by atoms with Crippen molar-refractivity contribution in [3.05, 3.63) is 52.5 Å². The van der Waals surface area contributed by atoms with Gasteiger partial charge in [0.2, 0.25) is 0 Å². The van der Waals surface area contributed by atoms with Crippen molar-refractivity contribution >= 4 is 23.2 Å². The number of amides is 1. The third-order valence-electron chi connectivity index (χ3n) is 4.45. The molecule has 2 aromatic rings. The molecule has 29 heavy (non-hydrogen) atoms. The van der Waals surface area contributed by atoms with Crippen molar-refractivity contribution < 1.29 is 27.4 Å². The van der Waals surface area contributed by atoms with Gasteiger partial charge in [-0.1, -0.05) is 17.7 Å². The molecular formula is C20H20ClF3N2O3. The smallest absolute Gasteiger partial charge is 0.417 e. The predicted molar refractivity (Wildman–Crippen MR) is 104 cm³/mol. The Labute approximate surface area is 171 Å². The molecule has 0 saturated heterocycles. The maximum absolute atomic E-state index is 13.4. The van der Waals surface area contributed by atoms with Crippen molar-refractivity contribution in [3.63, 3.8) is 0 Å². The number of fused-ring (bicyclic) bond motifs is 1. The summed E-state index contributed by atoms with van der Waals surface area (Å²) in [5, 5.41) is 2.52. The standard InChI is InChI=1S/C20H20ClF3N2O3/c1-3-28-15-5-4-6-16-18(15)19(27)26(17(29-16)9-10-25-2)12-7-8-14(21)13(11-12)20(22,23)24/h4-8,11,17,25H,3,9-10H2,1-2H3. The normalized spacial score (nSPS) is 16.4. The van der Waals surface area contributed by atoms with E-state index in [1.165, 1.54) is 11.0 Å². The number of nitrogens with zero attached hydrogens (tertiary/aromatic N) is 1. The summed E-state index contributed by atoms with van der Waals surface area (Å²) in [4.78, 5) is 14.6. The molecule has 1 aliphatic rings. The van der Waals surface area contributed by atoms with Gasteiger partial charge in [0.05, 0.1) is 17.2 Å². The highest BCUT2D eigenvalue weighted by Crippen LogP contribution is 2.41. The van der Waals surface area contributed by atoms with Crippen LogP contribution in [0.15, 0.2) is 36.4 Å². The van der Waals surface area contributed by atoms with Crippen molar-refractivity contribution in [3.8, 4) is 11.5 Å². The van der Waals surface area contributed by atoms with Gasteiger partial charge in [0.1, 0.15) is 17.1 Å². The minimum atomic E-state index is -4.65. The highest BCUT2D eigenvalue weighted by atomic mass is 35.5. The molecule has 3 rings (SSSR count). The van der Waals surface area contributed by atoms with E-state index in [1.54, 1.807) is 32.2 Å². The lowest BCUT2D eigenvalue weighted by atomic mass is 10.1. The maximum atomic E-state index is 13.4. The minimum absolute atomic E-state index is 0.0461. The van der Waals surface area contributed by atoms with E-state index >= 15 is 0 Å². The molecule has 1 N–H and O–H groups in total. The second kappa shape index (κ2) is 8.51. The Bertz CT molecular complexity index is 905. The molecule has 1 atom stereocenters. The third-order valence-corrected chi connectivity index (χ3v) is 4.78. The van der Waals surface area contributed by atoms with Crippen LogP contribution in [0.4, 0.5) is 18.9 Å². The monoisotopic (exact) mass is 428 g/mol. The summed E-state index contributed by atoms with van der Waals surface area (Å²) in [5.41, 5.74) is -0.788. The summed E-state index contributed by atoms with van der Waals surface area (Å²) in [6.07, 6.45) is -5.08. The Kier molecular flexibility index (Phi) is 6.24. The molecule has 1 amide bonds. The number of hydrogen-bond donors (Lipinski definition) is 1. The summed E-state index contributed by atoms with van der Waals surface area (Å²) in [6, 6.07) is 8.34. The van der Waals surface area contributed by atoms with E-state index in [4.69, 9.17) is 21.1 Å². The van der Waals surface area contributed by atoms with E-state index in [-0.39, 0.29) is 11.3 Å². The molecule has 0 bridgehead atoms. The van der Waals surface area contributed by atoms with Crippen LogP contribution in [0.25, 0.3) is 0 Å². The fraction of sp³-hybridized carbons (Fsp3) is 0.350. The lowest BCUT2D eigenvalue weighted by molar-refractivity contribution is -0.137. The molecule has 0 aromatic heterocycles. The number of anilines is 1. The fourth-order valence-electron chi connectivity index (χ4n) is 3.17. The maximum Gasteiger partial charge on any atom is 0.417 e. The zero-order chi connectivity index (χ0) is 21.2. The summed E-state index contributed by atoms with van der Waals surface area (Å²) < 4.78 is 51.6. The molecule has 0 fully saturated rings. The number of hydrogen-bond acceptors (Lipinski definition) is 4. The van der Waals surface area contributed by atoms with E-state index in [0.717, 1.165) is 12.1 Å². The van der Waals surface area contributed by atoms with Crippen LogP contribution in [-0.4, -0.2) is 32.3 Å². The van der Waals surface area contributed by atoms with Gasteiger partial charge in [-0.25, -0.2) is 0 Å². The van der Waals surface area contributed by atoms with Crippen LogP contribution in [0.2, 0.25) is 5.02 Å². The van der Waals surface area contributed by atoms with Crippen molar-refractivity contribution in [1.29, 1.82) is 0 Å². The lowest BCUT2D eigenvalue weighted by Crippen LogP contribution is -2.49. The van der Waals surface area contributed by atoms with Crippen molar-refractivity contribution in [2.75, 3.05) is 25.1 Å². The first-order valence-corrected chi connectivity index (χ1v) is 9.43. The lowest BCUT2D eigenvalue weighted by Gasteiger charge is -2.37. The first kappa shape index (κ1) is 21.3. The quantitative estimate of drug-likeness (QED) is 0.722. The van der Waals surface area contributed by atoms with Crippen LogP contribution in [0.5, 0.6) is 11.5 Å². The van der Waals surface area contributed by atoms with Gasteiger partial charge >= 0.3 is 6.18 Å². The van der Waals surface area contributed by atoms with Crippen LogP contribution in [0.3, 0.4) is 0 Å². The van der Waals surface area contributed by atoms with Gasteiger partial charge in [-0.2, -0.15) is 13.2 Å². The van der Waals surface area contributed by atoms with Gasteiger partial charge in [-0.15, -0.1) is 0 Å². The second-order valence-electron chi connectivity index (χ2n) is 6.36. The molecule has 156 valence electrons. The third kappa shape index (κ3) is 4.28. The van der Waals surface area contributed by atoms with Gasteiger partial charge in [0, 0.05) is 18.7 Å². The van der Waals surface area contributed by atoms with Gasteiger partial charge in [-0.05, 0) is 44.3 Å². The molecule has 2 aromatic carbocycles. The van der Waals surface area contributed by atoms with Gasteiger partial charge < -0.3 is 14.8 Å². The Hall–Kier alpha value is -2.45. The van der Waals surface area contributed by atoms with E-state index in [1.807, 2.05) is 0 Å². The van der Waals surface area contributed by atoms with Crippen LogP contribution < -0.4 is 19.7 Å². The SMILES string of the molecule is CCOc1cccc2c1C(=O)N(c1ccc(Cl)c(C(F)(F)F)c1)C(CCNC)O2. The molecule has 5 nitrogen and oxygen atoms in total. The molecule has 0 aliphatic carbocycles. The Morgan fingerprint density at radius 2 is 2.03 bits per heavy atom. The average molecular weight is 429 g/mol. The average Bonchev–Trinajstić information content (AvgIpc) is 2.66. The summed E-state index contributed by atoms with van der Waals surface area (Å²) in [6.45, 7) is 2.59. The molecule has 9 heteroatoms. The topological polar surface area (TPSA) is 50.8 Å². The Balaban J connectivity index is 2.11. The van der Waals surface area contributed by atoms with Crippen molar-refractivity contribution in [1.82, 2.24) is 5.32 Å². The first-order valence-electron chi connectivity index (χ1n) is 9.05. The molecule has 1 heterocycles. The number of carbonyl (C=O) groups excluding carboxylic acids is 1. The van der Waals surface area contributed by atoms with Gasteiger partial charge in [0.25, 0.3) is 5.91 Å². The molecule has 0 saturated carbocycles. The number of benzene rings is 2. The minimum Gasteiger partial charge on any atom is -0.493 e. The van der Waals surface area contributed by atoms with E-state index in [2.05, 4.69) is 5.32 Å². The van der Waals surface area contributed by atoms with Gasteiger partial charge in [0.15, 0.2) is 6.23 Å². The molecule has 0 spiro atoms. The van der Waals surface area contributed by atoms with E-state index in [0.29, 0.717) is 31.1 Å². The Morgan fingerprint density at radius 1 is 1.28 bits per heavy atom. The number of carbonyl (C=O) groups is 1. The van der Waals surface area contributed by atoms with E-state index in [9.17, 15) is 18.0 Å². The fourth-order valence-corrected chi connectivity index (χ4v) is 3.39. The number of ether oxygens (including phenoxy) is 2. The highest BCUT2D eigenvalue weighted by molar-refractivity contribution is 6.31. The highest BCUT2D eigenvalue weighted by Gasteiger charge is 2.39. The zero-order valence-corrected chi connectivity index (χ0v) is 16.6. The van der Waals surface area contributed by atoms with Crippen LogP contribution in [0.1, 0.15) is 29.3 Å². The molecule has 1 unspecified atom stereocenters.